The fourth-order valence-corrected chi connectivity index (χ4v) is 5.76. The van der Waals surface area contributed by atoms with Crippen LogP contribution >= 0.6 is 7.14 Å². The van der Waals surface area contributed by atoms with E-state index in [1.807, 2.05) is 48.5 Å². The van der Waals surface area contributed by atoms with E-state index in [4.69, 9.17) is 0 Å². The van der Waals surface area contributed by atoms with Gasteiger partial charge in [-0.15, -0.1) is 0 Å². The van der Waals surface area contributed by atoms with Gasteiger partial charge < -0.3 is 4.57 Å². The molecule has 0 unspecified atom stereocenters. The van der Waals surface area contributed by atoms with Gasteiger partial charge in [0.2, 0.25) is 7.14 Å². The molecule has 0 spiro atoms. The Morgan fingerprint density at radius 2 is 1.04 bits per heavy atom. The summed E-state index contributed by atoms with van der Waals surface area (Å²) in [6, 6.07) is 24.9. The van der Waals surface area contributed by atoms with Gasteiger partial charge in [0, 0.05) is 17.5 Å². The highest BCUT2D eigenvalue weighted by Crippen LogP contribution is 2.58. The van der Waals surface area contributed by atoms with Crippen molar-refractivity contribution in [2.45, 2.75) is 12.6 Å². The number of hydrogen-bond acceptors (Lipinski definition) is 1. The third-order valence-corrected chi connectivity index (χ3v) is 7.86. The van der Waals surface area contributed by atoms with Crippen molar-refractivity contribution in [3.8, 4) is 0 Å². The van der Waals surface area contributed by atoms with E-state index in [-0.39, 0.29) is 10.6 Å². The van der Waals surface area contributed by atoms with E-state index >= 15 is 0 Å². The minimum atomic E-state index is -4.15. The molecule has 0 N–H and O–H groups in total. The summed E-state index contributed by atoms with van der Waals surface area (Å²) in [4.78, 5) is 0. The van der Waals surface area contributed by atoms with Gasteiger partial charge in [-0.2, -0.15) is 8.78 Å². The van der Waals surface area contributed by atoms with Gasteiger partial charge in [-0.25, -0.2) is 0 Å². The van der Waals surface area contributed by atoms with Crippen LogP contribution in [0.1, 0.15) is 6.92 Å². The van der Waals surface area contributed by atoms with Crippen LogP contribution in [0.2, 0.25) is 0 Å². The summed E-state index contributed by atoms with van der Waals surface area (Å²) < 4.78 is 43.1. The zero-order valence-electron chi connectivity index (χ0n) is 14.2. The van der Waals surface area contributed by atoms with Crippen LogP contribution in [0.4, 0.5) is 8.78 Å². The first-order valence-electron chi connectivity index (χ1n) is 8.36. The van der Waals surface area contributed by atoms with E-state index in [0.29, 0.717) is 0 Å². The maximum Gasteiger partial charge on any atom is 0.303 e. The standard InChI is InChI=1S/C22H17F2OP/c1-22(23,24)26(25,20-12-10-16-6-2-4-8-18(16)14-20)21-13-11-17-7-3-5-9-19(17)15-21/h2-15H,1H3. The second-order valence-electron chi connectivity index (χ2n) is 6.51. The molecule has 4 aromatic carbocycles. The molecule has 0 aromatic heterocycles. The van der Waals surface area contributed by atoms with Crippen LogP contribution in [0, 0.1) is 0 Å². The quantitative estimate of drug-likeness (QED) is 0.411. The summed E-state index contributed by atoms with van der Waals surface area (Å²) in [7, 11) is -4.15. The lowest BCUT2D eigenvalue weighted by atomic mass is 10.1. The Hall–Kier alpha value is -2.51. The van der Waals surface area contributed by atoms with Gasteiger partial charge in [-0.1, -0.05) is 72.8 Å². The van der Waals surface area contributed by atoms with Crippen molar-refractivity contribution < 1.29 is 13.3 Å². The summed E-state index contributed by atoms with van der Waals surface area (Å²) in [5.41, 5.74) is -3.36. The van der Waals surface area contributed by atoms with Crippen molar-refractivity contribution in [1.29, 1.82) is 0 Å². The molecule has 0 saturated carbocycles. The number of benzene rings is 4. The van der Waals surface area contributed by atoms with Crippen LogP contribution in [0.3, 0.4) is 0 Å². The largest absolute Gasteiger partial charge is 0.307 e. The van der Waals surface area contributed by atoms with E-state index in [2.05, 4.69) is 0 Å². The van der Waals surface area contributed by atoms with Crippen LogP contribution in [0.15, 0.2) is 84.9 Å². The topological polar surface area (TPSA) is 17.1 Å². The smallest absolute Gasteiger partial charge is 0.303 e. The van der Waals surface area contributed by atoms with Crippen LogP contribution in [-0.2, 0) is 4.57 Å². The molecule has 4 aromatic rings. The molecule has 1 nitrogen and oxygen atoms in total. The molecule has 0 aliphatic rings. The Labute approximate surface area is 150 Å². The predicted octanol–water partition coefficient (Wildman–Crippen LogP) is 5.92. The maximum atomic E-state index is 14.7. The lowest BCUT2D eigenvalue weighted by Gasteiger charge is -2.26. The van der Waals surface area contributed by atoms with Gasteiger partial charge >= 0.3 is 5.66 Å². The molecular weight excluding hydrogens is 349 g/mol. The normalized spacial score (nSPS) is 12.6. The summed E-state index contributed by atoms with van der Waals surface area (Å²) in [5, 5.41) is 3.82. The van der Waals surface area contributed by atoms with E-state index < -0.39 is 12.8 Å². The number of alkyl halides is 2. The first-order chi connectivity index (χ1) is 12.4. The molecular formula is C22H17F2OP. The minimum absolute atomic E-state index is 0.180. The van der Waals surface area contributed by atoms with Gasteiger partial charge in [-0.3, -0.25) is 0 Å². The maximum absolute atomic E-state index is 14.7. The third kappa shape index (κ3) is 2.64. The Morgan fingerprint density at radius 1 is 0.654 bits per heavy atom. The van der Waals surface area contributed by atoms with Crippen LogP contribution in [0.5, 0.6) is 0 Å². The first kappa shape index (κ1) is 16.9. The van der Waals surface area contributed by atoms with E-state index in [9.17, 15) is 13.3 Å². The Kier molecular flexibility index (Phi) is 3.93. The second kappa shape index (κ2) is 6.03. The van der Waals surface area contributed by atoms with Crippen molar-refractivity contribution in [3.63, 3.8) is 0 Å². The zero-order valence-corrected chi connectivity index (χ0v) is 15.1. The SMILES string of the molecule is CC(F)(F)P(=O)(c1ccc2ccccc2c1)c1ccc2ccccc2c1. The zero-order chi connectivity index (χ0) is 18.4. The molecule has 0 heterocycles. The highest BCUT2D eigenvalue weighted by Gasteiger charge is 2.48. The molecule has 0 fully saturated rings. The van der Waals surface area contributed by atoms with Crippen molar-refractivity contribution in [1.82, 2.24) is 0 Å². The van der Waals surface area contributed by atoms with E-state index in [0.717, 1.165) is 28.5 Å². The summed E-state index contributed by atoms with van der Waals surface area (Å²) in [6.07, 6.45) is 0. The van der Waals surface area contributed by atoms with Crippen LogP contribution in [-0.4, -0.2) is 5.66 Å². The molecule has 0 amide bonds. The fourth-order valence-electron chi connectivity index (χ4n) is 3.35. The molecule has 0 aliphatic carbocycles. The van der Waals surface area contributed by atoms with Gasteiger partial charge in [0.15, 0.2) is 0 Å². The highest BCUT2D eigenvalue weighted by molar-refractivity contribution is 7.79. The van der Waals surface area contributed by atoms with Crippen molar-refractivity contribution in [3.05, 3.63) is 84.9 Å². The third-order valence-electron chi connectivity index (χ3n) is 4.75. The number of halogens is 2. The van der Waals surface area contributed by atoms with E-state index in [1.165, 1.54) is 0 Å². The summed E-state index contributed by atoms with van der Waals surface area (Å²) in [5.74, 6) is 0. The molecule has 26 heavy (non-hydrogen) atoms. The second-order valence-corrected chi connectivity index (χ2v) is 9.55. The van der Waals surface area contributed by atoms with Gasteiger partial charge in [-0.05, 0) is 33.7 Å². The lowest BCUT2D eigenvalue weighted by Crippen LogP contribution is -2.28. The molecule has 0 radical (unpaired) electrons. The van der Waals surface area contributed by atoms with Crippen LogP contribution in [0.25, 0.3) is 21.5 Å². The van der Waals surface area contributed by atoms with Crippen molar-refractivity contribution in [2.75, 3.05) is 0 Å². The number of rotatable bonds is 3. The molecule has 0 atom stereocenters. The fraction of sp³-hybridized carbons (Fsp3) is 0.0909. The molecule has 0 bridgehead atoms. The Bertz CT molecular complexity index is 1080. The average Bonchev–Trinajstić information content (AvgIpc) is 2.65. The molecule has 0 aliphatic heterocycles. The van der Waals surface area contributed by atoms with Crippen molar-refractivity contribution >= 4 is 39.3 Å². The molecule has 4 rings (SSSR count). The van der Waals surface area contributed by atoms with Gasteiger partial charge in [0.05, 0.1) is 0 Å². The average molecular weight is 366 g/mol. The monoisotopic (exact) mass is 366 g/mol. The predicted molar refractivity (Wildman–Crippen MR) is 105 cm³/mol. The summed E-state index contributed by atoms with van der Waals surface area (Å²) in [6.45, 7) is 0.748. The number of hydrogen-bond donors (Lipinski definition) is 0. The van der Waals surface area contributed by atoms with Gasteiger partial charge in [0.1, 0.15) is 0 Å². The molecule has 0 saturated heterocycles. The summed E-state index contributed by atoms with van der Waals surface area (Å²) >= 11 is 0. The van der Waals surface area contributed by atoms with Crippen molar-refractivity contribution in [2.24, 2.45) is 0 Å². The van der Waals surface area contributed by atoms with Crippen LogP contribution < -0.4 is 10.6 Å². The van der Waals surface area contributed by atoms with E-state index in [1.54, 1.807) is 36.4 Å². The molecule has 130 valence electrons. The highest BCUT2D eigenvalue weighted by atomic mass is 31.2. The Balaban J connectivity index is 1.99. The molecule has 4 heteroatoms. The first-order valence-corrected chi connectivity index (χ1v) is 10.1. The minimum Gasteiger partial charge on any atom is -0.307 e. The lowest BCUT2D eigenvalue weighted by molar-refractivity contribution is 0.115. The van der Waals surface area contributed by atoms with Gasteiger partial charge in [0.25, 0.3) is 0 Å². The Morgan fingerprint density at radius 3 is 1.42 bits per heavy atom. The number of fused-ring (bicyclic) bond motifs is 2.